The Kier molecular flexibility index (Phi) is 9.48. The zero-order chi connectivity index (χ0) is 20.2. The van der Waals surface area contributed by atoms with Crippen LogP contribution in [0.3, 0.4) is 0 Å². The first-order valence-corrected chi connectivity index (χ1v) is 10.1. The maximum absolute atomic E-state index is 5.89. The molecule has 28 heavy (non-hydrogen) atoms. The Hall–Kier alpha value is -2.41. The van der Waals surface area contributed by atoms with Crippen LogP contribution in [-0.2, 0) is 11.2 Å². The normalized spacial score (nSPS) is 13.0. The van der Waals surface area contributed by atoms with Crippen molar-refractivity contribution in [3.8, 4) is 0 Å². The minimum absolute atomic E-state index is 0.0988. The second-order valence-corrected chi connectivity index (χ2v) is 6.92. The van der Waals surface area contributed by atoms with Crippen molar-refractivity contribution in [2.75, 3.05) is 26.2 Å². The van der Waals surface area contributed by atoms with Crippen molar-refractivity contribution in [3.05, 3.63) is 47.6 Å². The molecule has 154 valence electrons. The maximum Gasteiger partial charge on any atom is 0.228 e. The average Bonchev–Trinajstić information content (AvgIpc) is 3.17. The van der Waals surface area contributed by atoms with Gasteiger partial charge in [0.15, 0.2) is 11.8 Å². The fourth-order valence-corrected chi connectivity index (χ4v) is 2.57. The predicted molar refractivity (Wildman–Crippen MR) is 111 cm³/mol. The Labute approximate surface area is 168 Å². The summed E-state index contributed by atoms with van der Waals surface area (Å²) in [6.45, 7) is 11.1. The first-order chi connectivity index (χ1) is 13.6. The molecule has 1 aromatic heterocycles. The summed E-state index contributed by atoms with van der Waals surface area (Å²) in [7, 11) is 0. The van der Waals surface area contributed by atoms with Gasteiger partial charge in [0.1, 0.15) is 0 Å². The molecule has 2 aromatic rings. The summed E-state index contributed by atoms with van der Waals surface area (Å²) in [6, 6.07) is 10.3. The minimum Gasteiger partial charge on any atom is -0.374 e. The SMILES string of the molecule is CCNC(=NCCCOC(C)c1ccccc1)NCCc1nc(C(C)C)no1. The predicted octanol–water partition coefficient (Wildman–Crippen LogP) is 3.46. The van der Waals surface area contributed by atoms with Gasteiger partial charge >= 0.3 is 0 Å². The smallest absolute Gasteiger partial charge is 0.228 e. The molecule has 1 atom stereocenters. The van der Waals surface area contributed by atoms with Crippen molar-refractivity contribution in [3.63, 3.8) is 0 Å². The third kappa shape index (κ3) is 7.68. The molecule has 0 amide bonds. The lowest BCUT2D eigenvalue weighted by molar-refractivity contribution is 0.0652. The van der Waals surface area contributed by atoms with Gasteiger partial charge in [-0.15, -0.1) is 0 Å². The van der Waals surface area contributed by atoms with Crippen molar-refractivity contribution in [1.82, 2.24) is 20.8 Å². The number of nitrogens with zero attached hydrogens (tertiary/aromatic N) is 3. The number of aromatic nitrogens is 2. The largest absolute Gasteiger partial charge is 0.374 e. The van der Waals surface area contributed by atoms with E-state index in [-0.39, 0.29) is 12.0 Å². The highest BCUT2D eigenvalue weighted by Gasteiger charge is 2.09. The fraction of sp³-hybridized carbons (Fsp3) is 0.571. The van der Waals surface area contributed by atoms with Crippen molar-refractivity contribution in [2.45, 2.75) is 52.6 Å². The van der Waals surface area contributed by atoms with E-state index in [9.17, 15) is 0 Å². The van der Waals surface area contributed by atoms with Gasteiger partial charge in [0.2, 0.25) is 5.89 Å². The van der Waals surface area contributed by atoms with Crippen LogP contribution in [0, 0.1) is 0 Å². The lowest BCUT2D eigenvalue weighted by Crippen LogP contribution is -2.38. The standard InChI is InChI=1S/C21H33N5O2/c1-5-22-21(24-14-12-19-25-20(16(2)3)26-28-19)23-13-9-15-27-17(4)18-10-7-6-8-11-18/h6-8,10-11,16-17H,5,9,12-15H2,1-4H3,(H2,22,23,24). The molecule has 0 aliphatic carbocycles. The molecule has 2 N–H and O–H groups in total. The van der Waals surface area contributed by atoms with Crippen LogP contribution in [0.25, 0.3) is 0 Å². The summed E-state index contributed by atoms with van der Waals surface area (Å²) < 4.78 is 11.2. The van der Waals surface area contributed by atoms with E-state index in [0.29, 0.717) is 32.0 Å². The molecule has 2 rings (SSSR count). The van der Waals surface area contributed by atoms with Gasteiger partial charge < -0.3 is 19.9 Å². The van der Waals surface area contributed by atoms with Gasteiger partial charge in [0.25, 0.3) is 0 Å². The van der Waals surface area contributed by atoms with E-state index in [2.05, 4.69) is 51.7 Å². The molecule has 7 nitrogen and oxygen atoms in total. The highest BCUT2D eigenvalue weighted by atomic mass is 16.5. The van der Waals surface area contributed by atoms with Crippen LogP contribution in [0.1, 0.15) is 63.4 Å². The number of aliphatic imine (C=N–C) groups is 1. The van der Waals surface area contributed by atoms with Crippen LogP contribution >= 0.6 is 0 Å². The van der Waals surface area contributed by atoms with Gasteiger partial charge in [0.05, 0.1) is 6.10 Å². The van der Waals surface area contributed by atoms with Gasteiger partial charge in [-0.2, -0.15) is 4.98 Å². The first kappa shape index (κ1) is 21.9. The molecule has 1 aromatic carbocycles. The van der Waals surface area contributed by atoms with E-state index in [1.165, 1.54) is 5.56 Å². The Morgan fingerprint density at radius 3 is 2.64 bits per heavy atom. The Bertz CT molecular complexity index is 700. The zero-order valence-electron chi connectivity index (χ0n) is 17.4. The summed E-state index contributed by atoms with van der Waals surface area (Å²) in [5.41, 5.74) is 1.20. The summed E-state index contributed by atoms with van der Waals surface area (Å²) in [5.74, 6) is 2.47. The third-order valence-corrected chi connectivity index (χ3v) is 4.18. The van der Waals surface area contributed by atoms with E-state index in [4.69, 9.17) is 9.26 Å². The van der Waals surface area contributed by atoms with Crippen LogP contribution in [0.5, 0.6) is 0 Å². The molecule has 7 heteroatoms. The van der Waals surface area contributed by atoms with E-state index in [0.717, 1.165) is 24.7 Å². The molecule has 0 bridgehead atoms. The molecule has 0 saturated carbocycles. The maximum atomic E-state index is 5.89. The van der Waals surface area contributed by atoms with Crippen molar-refractivity contribution >= 4 is 5.96 Å². The monoisotopic (exact) mass is 387 g/mol. The molecule has 0 spiro atoms. The van der Waals surface area contributed by atoms with Gasteiger partial charge in [-0.3, -0.25) is 4.99 Å². The average molecular weight is 388 g/mol. The Morgan fingerprint density at radius 2 is 1.96 bits per heavy atom. The zero-order valence-corrected chi connectivity index (χ0v) is 17.4. The van der Waals surface area contributed by atoms with Crippen molar-refractivity contribution in [2.24, 2.45) is 4.99 Å². The van der Waals surface area contributed by atoms with E-state index in [1.54, 1.807) is 0 Å². The van der Waals surface area contributed by atoms with Crippen molar-refractivity contribution < 1.29 is 9.26 Å². The van der Waals surface area contributed by atoms with E-state index < -0.39 is 0 Å². The molecular formula is C21H33N5O2. The molecular weight excluding hydrogens is 354 g/mol. The molecule has 0 aliphatic rings. The van der Waals surface area contributed by atoms with Gasteiger partial charge in [0, 0.05) is 38.6 Å². The first-order valence-electron chi connectivity index (χ1n) is 10.1. The van der Waals surface area contributed by atoms with Gasteiger partial charge in [-0.1, -0.05) is 49.3 Å². The fourth-order valence-electron chi connectivity index (χ4n) is 2.57. The summed E-state index contributed by atoms with van der Waals surface area (Å²) in [4.78, 5) is 8.98. The second kappa shape index (κ2) is 12.1. The summed E-state index contributed by atoms with van der Waals surface area (Å²) in [6.07, 6.45) is 1.64. The van der Waals surface area contributed by atoms with Gasteiger partial charge in [-0.05, 0) is 25.8 Å². The number of hydrogen-bond donors (Lipinski definition) is 2. The molecule has 0 saturated heterocycles. The van der Waals surface area contributed by atoms with Crippen LogP contribution < -0.4 is 10.6 Å². The number of ether oxygens (including phenoxy) is 1. The van der Waals surface area contributed by atoms with E-state index in [1.807, 2.05) is 32.0 Å². The third-order valence-electron chi connectivity index (χ3n) is 4.18. The molecule has 0 radical (unpaired) electrons. The highest BCUT2D eigenvalue weighted by molar-refractivity contribution is 5.79. The molecule has 0 aliphatic heterocycles. The number of rotatable bonds is 11. The van der Waals surface area contributed by atoms with Crippen LogP contribution in [0.4, 0.5) is 0 Å². The van der Waals surface area contributed by atoms with Crippen LogP contribution in [0.2, 0.25) is 0 Å². The van der Waals surface area contributed by atoms with Crippen LogP contribution in [0.15, 0.2) is 39.8 Å². The second-order valence-electron chi connectivity index (χ2n) is 6.92. The number of benzene rings is 1. The lowest BCUT2D eigenvalue weighted by Gasteiger charge is -2.13. The molecule has 0 fully saturated rings. The number of hydrogen-bond acceptors (Lipinski definition) is 5. The van der Waals surface area contributed by atoms with Crippen molar-refractivity contribution in [1.29, 1.82) is 0 Å². The van der Waals surface area contributed by atoms with Gasteiger partial charge in [-0.25, -0.2) is 0 Å². The number of nitrogens with one attached hydrogen (secondary N) is 2. The molecule has 1 unspecified atom stereocenters. The van der Waals surface area contributed by atoms with E-state index >= 15 is 0 Å². The quantitative estimate of drug-likeness (QED) is 0.349. The Balaban J connectivity index is 1.68. The lowest BCUT2D eigenvalue weighted by atomic mass is 10.1. The summed E-state index contributed by atoms with van der Waals surface area (Å²) in [5, 5.41) is 10.5. The highest BCUT2D eigenvalue weighted by Crippen LogP contribution is 2.15. The minimum atomic E-state index is 0.0988. The molecule has 1 heterocycles. The Morgan fingerprint density at radius 1 is 1.18 bits per heavy atom. The topological polar surface area (TPSA) is 84.6 Å². The number of guanidine groups is 1. The van der Waals surface area contributed by atoms with Crippen LogP contribution in [-0.4, -0.2) is 42.3 Å². The summed E-state index contributed by atoms with van der Waals surface area (Å²) >= 11 is 0.